The molecule has 35 heavy (non-hydrogen) atoms. The molecule has 3 aromatic carbocycles. The van der Waals surface area contributed by atoms with Crippen LogP contribution in [0.25, 0.3) is 23.2 Å². The van der Waals surface area contributed by atoms with E-state index < -0.39 is 5.76 Å². The van der Waals surface area contributed by atoms with Crippen LogP contribution < -0.4 is 10.5 Å². The van der Waals surface area contributed by atoms with E-state index >= 15 is 0 Å². The first kappa shape index (κ1) is 23.8. The third-order valence-electron chi connectivity index (χ3n) is 5.94. The van der Waals surface area contributed by atoms with Gasteiger partial charge < -0.3 is 9.84 Å². The zero-order valence-electron chi connectivity index (χ0n) is 19.6. The molecule has 0 amide bonds. The summed E-state index contributed by atoms with van der Waals surface area (Å²) in [5.41, 5.74) is 4.95. The zero-order valence-corrected chi connectivity index (χ0v) is 19.6. The molecule has 0 spiro atoms. The van der Waals surface area contributed by atoms with Crippen LogP contribution in [0.2, 0.25) is 0 Å². The smallest absolute Gasteiger partial charge is 0.439 e. The maximum Gasteiger partial charge on any atom is 0.439 e. The number of hydrogen-bond donors (Lipinski definition) is 2. The highest BCUT2D eigenvalue weighted by atomic mass is 16.5. The Labute approximate surface area is 204 Å². The van der Waals surface area contributed by atoms with E-state index in [0.29, 0.717) is 5.82 Å². The fourth-order valence-electron chi connectivity index (χ4n) is 3.98. The van der Waals surface area contributed by atoms with Crippen molar-refractivity contribution < 1.29 is 14.4 Å². The van der Waals surface area contributed by atoms with Crippen molar-refractivity contribution in [2.45, 2.75) is 19.3 Å². The van der Waals surface area contributed by atoms with Crippen molar-refractivity contribution in [3.05, 3.63) is 118 Å². The van der Waals surface area contributed by atoms with E-state index in [0.717, 1.165) is 41.7 Å². The first-order valence-corrected chi connectivity index (χ1v) is 11.5. The van der Waals surface area contributed by atoms with Crippen LogP contribution >= 0.6 is 0 Å². The van der Waals surface area contributed by atoms with Crippen molar-refractivity contribution in [1.29, 1.82) is 0 Å². The van der Waals surface area contributed by atoms with Crippen molar-refractivity contribution in [2.75, 3.05) is 7.11 Å². The van der Waals surface area contributed by atoms with Gasteiger partial charge in [-0.3, -0.25) is 9.51 Å². The van der Waals surface area contributed by atoms with Gasteiger partial charge in [-0.25, -0.2) is 4.79 Å². The average molecular weight is 469 g/mol. The molecule has 0 saturated carbocycles. The van der Waals surface area contributed by atoms with E-state index in [4.69, 9.17) is 4.74 Å². The first-order chi connectivity index (χ1) is 17.0. The van der Waals surface area contributed by atoms with Crippen LogP contribution in [0.5, 0.6) is 5.75 Å². The fourth-order valence-corrected chi connectivity index (χ4v) is 3.98. The predicted molar refractivity (Wildman–Crippen MR) is 138 cm³/mol. The molecule has 178 valence electrons. The zero-order chi connectivity index (χ0) is 24.6. The van der Waals surface area contributed by atoms with Crippen molar-refractivity contribution in [1.82, 2.24) is 10.1 Å². The Morgan fingerprint density at radius 3 is 2.46 bits per heavy atom. The number of nitrogens with zero attached hydrogens (tertiary/aromatic N) is 1. The maximum atomic E-state index is 11.2. The van der Waals surface area contributed by atoms with Crippen LogP contribution in [0.1, 0.15) is 28.7 Å². The summed E-state index contributed by atoms with van der Waals surface area (Å²) in [6.45, 7) is 3.58. The van der Waals surface area contributed by atoms with Gasteiger partial charge in [-0.05, 0) is 42.4 Å². The van der Waals surface area contributed by atoms with Crippen LogP contribution in [0.3, 0.4) is 0 Å². The fraction of sp³-hybridized carbons (Fsp3) is 0.172. The Balaban J connectivity index is 1.51. The molecule has 0 aliphatic heterocycles. The number of rotatable bonds is 10. The minimum atomic E-state index is -0.568. The van der Waals surface area contributed by atoms with Crippen LogP contribution in [-0.2, 0) is 12.8 Å². The number of aliphatic hydroxyl groups is 1. The summed E-state index contributed by atoms with van der Waals surface area (Å²) in [5, 5.41) is 13.3. The third kappa shape index (κ3) is 6.38. The highest BCUT2D eigenvalue weighted by Crippen LogP contribution is 2.24. The molecule has 0 aliphatic carbocycles. The van der Waals surface area contributed by atoms with Gasteiger partial charge in [-0.2, -0.15) is 0 Å². The van der Waals surface area contributed by atoms with Gasteiger partial charge in [0.05, 0.1) is 7.11 Å². The Hall–Kier alpha value is -4.32. The number of aryl methyl sites for hydroxylation is 1. The number of aliphatic hydroxyl groups excluding tert-OH is 1. The Morgan fingerprint density at radius 2 is 1.80 bits per heavy atom. The lowest BCUT2D eigenvalue weighted by Gasteiger charge is -2.14. The van der Waals surface area contributed by atoms with Crippen LogP contribution in [0.15, 0.2) is 94.8 Å². The minimum absolute atomic E-state index is 0.0762. The number of aromatic amines is 1. The topological polar surface area (TPSA) is 88.3 Å². The molecular weight excluding hydrogens is 440 g/mol. The Morgan fingerprint density at radius 1 is 1.09 bits per heavy atom. The largest absolute Gasteiger partial charge is 0.508 e. The SMILES string of the molecule is C=C(O)c1ccc(CCC(/C=C\c2ccccc2OC)Cc2ccc(-c3noc(=O)[nH]3)cc2)cc1. The van der Waals surface area contributed by atoms with E-state index in [1.165, 1.54) is 11.1 Å². The second-order valence-corrected chi connectivity index (χ2v) is 8.39. The van der Waals surface area contributed by atoms with Gasteiger partial charge in [0, 0.05) is 16.7 Å². The lowest BCUT2D eigenvalue weighted by atomic mass is 9.91. The molecule has 0 fully saturated rings. The van der Waals surface area contributed by atoms with Crippen LogP contribution in [0.4, 0.5) is 0 Å². The summed E-state index contributed by atoms with van der Waals surface area (Å²) in [6.07, 6.45) is 7.06. The van der Waals surface area contributed by atoms with Gasteiger partial charge in [-0.1, -0.05) is 90.6 Å². The number of hydrogen-bond acceptors (Lipinski definition) is 5. The lowest BCUT2D eigenvalue weighted by molar-refractivity contribution is 0.388. The number of para-hydroxylation sites is 1. The second-order valence-electron chi connectivity index (χ2n) is 8.39. The molecule has 1 aromatic heterocycles. The quantitative estimate of drug-likeness (QED) is 0.276. The van der Waals surface area contributed by atoms with Gasteiger partial charge in [0.2, 0.25) is 0 Å². The van der Waals surface area contributed by atoms with Crippen molar-refractivity contribution in [3.63, 3.8) is 0 Å². The highest BCUT2D eigenvalue weighted by Gasteiger charge is 2.10. The summed E-state index contributed by atoms with van der Waals surface area (Å²) in [7, 11) is 1.68. The second kappa shape index (κ2) is 11.2. The molecule has 6 nitrogen and oxygen atoms in total. The van der Waals surface area contributed by atoms with Gasteiger partial charge in [-0.15, -0.1) is 0 Å². The van der Waals surface area contributed by atoms with E-state index in [-0.39, 0.29) is 11.7 Å². The first-order valence-electron chi connectivity index (χ1n) is 11.5. The van der Waals surface area contributed by atoms with Gasteiger partial charge in [0.25, 0.3) is 0 Å². The maximum absolute atomic E-state index is 11.2. The number of allylic oxidation sites excluding steroid dienone is 1. The molecular formula is C29H28N2O4. The molecule has 4 rings (SSSR count). The standard InChI is InChI=1S/C29H28N2O4/c1-20(32)24-14-9-21(10-15-24)7-8-22(11-16-25-5-3-4-6-27(25)34-2)19-23-12-17-26(18-13-23)28-30-29(33)35-31-28/h3-6,9-18,22,32H,1,7-8,19H2,2H3,(H,30,31,33)/b16-11-. The summed E-state index contributed by atoms with van der Waals surface area (Å²) in [4.78, 5) is 13.8. The van der Waals surface area contributed by atoms with E-state index in [1.54, 1.807) is 7.11 Å². The van der Waals surface area contributed by atoms with Crippen molar-refractivity contribution in [3.8, 4) is 17.1 Å². The number of benzene rings is 3. The molecule has 1 unspecified atom stereocenters. The summed E-state index contributed by atoms with van der Waals surface area (Å²) in [5.74, 6) is 1.05. The van der Waals surface area contributed by atoms with E-state index in [1.807, 2.05) is 72.8 Å². The molecule has 1 atom stereocenters. The number of nitrogens with one attached hydrogen (secondary N) is 1. The van der Waals surface area contributed by atoms with Crippen molar-refractivity contribution in [2.24, 2.45) is 5.92 Å². The molecule has 1 heterocycles. The molecule has 2 N–H and O–H groups in total. The van der Waals surface area contributed by atoms with Crippen molar-refractivity contribution >= 4 is 11.8 Å². The molecule has 0 bridgehead atoms. The van der Waals surface area contributed by atoms with E-state index in [9.17, 15) is 9.90 Å². The highest BCUT2D eigenvalue weighted by molar-refractivity contribution is 5.58. The molecule has 0 saturated heterocycles. The summed E-state index contributed by atoms with van der Waals surface area (Å²) < 4.78 is 10.1. The van der Waals surface area contributed by atoms with Gasteiger partial charge in [0.15, 0.2) is 5.82 Å². The average Bonchev–Trinajstić information content (AvgIpc) is 3.32. The molecule has 0 radical (unpaired) electrons. The lowest BCUT2D eigenvalue weighted by Crippen LogP contribution is -2.04. The van der Waals surface area contributed by atoms with E-state index in [2.05, 4.69) is 33.4 Å². The van der Waals surface area contributed by atoms with Gasteiger partial charge >= 0.3 is 5.76 Å². The van der Waals surface area contributed by atoms with Crippen LogP contribution in [-0.4, -0.2) is 22.4 Å². The Kier molecular flexibility index (Phi) is 7.63. The van der Waals surface area contributed by atoms with Gasteiger partial charge in [0.1, 0.15) is 11.5 Å². The normalized spacial score (nSPS) is 12.0. The molecule has 4 aromatic rings. The third-order valence-corrected chi connectivity index (χ3v) is 5.94. The monoisotopic (exact) mass is 468 g/mol. The number of H-pyrrole nitrogens is 1. The number of ether oxygens (including phenoxy) is 1. The Bertz CT molecular complexity index is 1350. The minimum Gasteiger partial charge on any atom is -0.508 e. The van der Waals surface area contributed by atoms with Crippen LogP contribution in [0, 0.1) is 5.92 Å². The molecule has 0 aliphatic rings. The summed E-state index contributed by atoms with van der Waals surface area (Å²) in [6, 6.07) is 23.8. The number of methoxy groups -OCH3 is 1. The summed E-state index contributed by atoms with van der Waals surface area (Å²) >= 11 is 0. The molecule has 6 heteroatoms. The number of aromatic nitrogens is 2. The predicted octanol–water partition coefficient (Wildman–Crippen LogP) is 6.07.